The van der Waals surface area contributed by atoms with Gasteiger partial charge in [0.15, 0.2) is 5.65 Å². The van der Waals surface area contributed by atoms with E-state index in [0.717, 1.165) is 28.2 Å². The van der Waals surface area contributed by atoms with Gasteiger partial charge in [0.05, 0.1) is 22.2 Å². The van der Waals surface area contributed by atoms with E-state index in [0.29, 0.717) is 30.1 Å². The number of hydrogen-bond donors (Lipinski definition) is 1. The highest BCUT2D eigenvalue weighted by molar-refractivity contribution is 7.89. The average molecular weight is 493 g/mol. The van der Waals surface area contributed by atoms with Crippen LogP contribution in [0.4, 0.5) is 5.82 Å². The number of nitriles is 1. The molecular formula is C23H22BClN6O2S. The molecule has 0 atom stereocenters. The average Bonchev–Trinajstić information content (AvgIpc) is 3.22. The summed E-state index contributed by atoms with van der Waals surface area (Å²) < 4.78 is 28.6. The van der Waals surface area contributed by atoms with Gasteiger partial charge in [0, 0.05) is 43.0 Å². The van der Waals surface area contributed by atoms with Crippen LogP contribution in [0.5, 0.6) is 0 Å². The van der Waals surface area contributed by atoms with Gasteiger partial charge in [-0.15, -0.1) is 0 Å². The van der Waals surface area contributed by atoms with E-state index >= 15 is 0 Å². The monoisotopic (exact) mass is 492 g/mol. The van der Waals surface area contributed by atoms with Crippen molar-refractivity contribution in [2.75, 3.05) is 25.5 Å². The molecule has 0 aliphatic carbocycles. The van der Waals surface area contributed by atoms with Crippen molar-refractivity contribution in [3.05, 3.63) is 71.4 Å². The van der Waals surface area contributed by atoms with Crippen LogP contribution >= 0.6 is 11.6 Å². The smallest absolute Gasteiger partial charge is 0.242 e. The summed E-state index contributed by atoms with van der Waals surface area (Å²) in [7, 11) is -0.145. The second-order valence-corrected chi connectivity index (χ2v) is 10.3. The number of rotatable bonds is 8. The number of halogens is 1. The Kier molecular flexibility index (Phi) is 6.88. The molecule has 0 fully saturated rings. The quantitative estimate of drug-likeness (QED) is 0.299. The molecule has 172 valence electrons. The van der Waals surface area contributed by atoms with E-state index in [9.17, 15) is 8.42 Å². The Labute approximate surface area is 204 Å². The number of nitrogens with zero attached hydrogens (tertiary/aromatic N) is 5. The summed E-state index contributed by atoms with van der Waals surface area (Å²) in [5, 5.41) is 17.3. The number of hydrogen-bond acceptors (Lipinski definition) is 6. The van der Waals surface area contributed by atoms with E-state index in [1.54, 1.807) is 17.8 Å². The van der Waals surface area contributed by atoms with Gasteiger partial charge in [-0.05, 0) is 42.2 Å². The van der Waals surface area contributed by atoms with Crippen molar-refractivity contribution in [1.29, 1.82) is 5.26 Å². The molecule has 0 amide bonds. The fourth-order valence-corrected chi connectivity index (χ4v) is 4.97. The van der Waals surface area contributed by atoms with Gasteiger partial charge in [0.25, 0.3) is 0 Å². The second-order valence-electron chi connectivity index (χ2n) is 7.81. The number of anilines is 1. The molecule has 11 heteroatoms. The Morgan fingerprint density at radius 1 is 1.21 bits per heavy atom. The van der Waals surface area contributed by atoms with Crippen LogP contribution in [-0.2, 0) is 10.0 Å². The van der Waals surface area contributed by atoms with Crippen LogP contribution in [0, 0.1) is 11.3 Å². The summed E-state index contributed by atoms with van der Waals surface area (Å²) in [6, 6.07) is 17.3. The first-order valence-electron chi connectivity index (χ1n) is 10.6. The Morgan fingerprint density at radius 2 is 1.94 bits per heavy atom. The van der Waals surface area contributed by atoms with Gasteiger partial charge < -0.3 is 5.32 Å². The van der Waals surface area contributed by atoms with E-state index in [1.165, 1.54) is 28.6 Å². The van der Waals surface area contributed by atoms with Crippen molar-refractivity contribution >= 4 is 46.4 Å². The standard InChI is InChI=1S/C23H22BClN6O2S/c1-30(34(32,33)17-9-7-16(14-26)8-10-17)12-4-11-27-22-13-21(18-5-2-3-6-20(18)25)29-23-19(24)15-28-31(22)23/h2-3,5-10,13,15,27H,4,11-12,24H2,1H3. The SMILES string of the molecule is Bc1cnn2c(NCCCN(C)S(=O)(=O)c3ccc(C#N)cc3)cc(-c3ccccc3Cl)nc12. The van der Waals surface area contributed by atoms with Gasteiger partial charge in [-0.1, -0.05) is 29.8 Å². The first-order valence-corrected chi connectivity index (χ1v) is 12.4. The zero-order valence-electron chi connectivity index (χ0n) is 18.7. The molecule has 4 rings (SSSR count). The lowest BCUT2D eigenvalue weighted by atomic mass is 10.0. The molecule has 2 aromatic heterocycles. The van der Waals surface area contributed by atoms with E-state index in [2.05, 4.69) is 10.4 Å². The van der Waals surface area contributed by atoms with E-state index in [-0.39, 0.29) is 4.90 Å². The third-order valence-electron chi connectivity index (χ3n) is 5.45. The van der Waals surface area contributed by atoms with Gasteiger partial charge in [0.2, 0.25) is 10.0 Å². The fraction of sp³-hybridized carbons (Fsp3) is 0.174. The molecule has 0 aliphatic rings. The van der Waals surface area contributed by atoms with E-state index < -0.39 is 10.0 Å². The normalized spacial score (nSPS) is 11.6. The van der Waals surface area contributed by atoms with Crippen LogP contribution in [0.15, 0.2) is 65.7 Å². The summed E-state index contributed by atoms with van der Waals surface area (Å²) in [6.07, 6.45) is 2.32. The van der Waals surface area contributed by atoms with E-state index in [1.807, 2.05) is 44.2 Å². The van der Waals surface area contributed by atoms with Gasteiger partial charge in [-0.2, -0.15) is 14.9 Å². The third kappa shape index (κ3) is 4.77. The molecule has 8 nitrogen and oxygen atoms in total. The fourth-order valence-electron chi connectivity index (χ4n) is 3.53. The molecular weight excluding hydrogens is 471 g/mol. The number of fused-ring (bicyclic) bond motifs is 1. The molecule has 4 aromatic rings. The highest BCUT2D eigenvalue weighted by Crippen LogP contribution is 2.28. The summed E-state index contributed by atoms with van der Waals surface area (Å²) in [5.74, 6) is 0.741. The van der Waals surface area contributed by atoms with Crippen molar-refractivity contribution in [1.82, 2.24) is 18.9 Å². The van der Waals surface area contributed by atoms with Crippen LogP contribution in [0.3, 0.4) is 0 Å². The predicted molar refractivity (Wildman–Crippen MR) is 136 cm³/mol. The highest BCUT2D eigenvalue weighted by atomic mass is 35.5. The Morgan fingerprint density at radius 3 is 2.65 bits per heavy atom. The van der Waals surface area contributed by atoms with Gasteiger partial charge in [-0.3, -0.25) is 0 Å². The molecule has 0 spiro atoms. The largest absolute Gasteiger partial charge is 0.370 e. The van der Waals surface area contributed by atoms with Crippen LogP contribution in [0.25, 0.3) is 16.9 Å². The van der Waals surface area contributed by atoms with Gasteiger partial charge in [0.1, 0.15) is 13.7 Å². The molecule has 0 bridgehead atoms. The van der Waals surface area contributed by atoms with Crippen molar-refractivity contribution in [2.45, 2.75) is 11.3 Å². The number of benzene rings is 2. The zero-order valence-corrected chi connectivity index (χ0v) is 20.3. The lowest BCUT2D eigenvalue weighted by molar-refractivity contribution is 0.465. The maximum atomic E-state index is 12.8. The minimum absolute atomic E-state index is 0.161. The summed E-state index contributed by atoms with van der Waals surface area (Å²) in [6.45, 7) is 0.840. The molecule has 34 heavy (non-hydrogen) atoms. The third-order valence-corrected chi connectivity index (χ3v) is 7.65. The minimum atomic E-state index is -3.63. The van der Waals surface area contributed by atoms with Crippen LogP contribution in [-0.4, -0.2) is 55.3 Å². The minimum Gasteiger partial charge on any atom is -0.370 e. The predicted octanol–water partition coefficient (Wildman–Crippen LogP) is 2.30. The van der Waals surface area contributed by atoms with Gasteiger partial charge in [-0.25, -0.2) is 17.7 Å². The molecule has 1 N–H and O–H groups in total. The van der Waals surface area contributed by atoms with Crippen molar-refractivity contribution in [3.63, 3.8) is 0 Å². The van der Waals surface area contributed by atoms with Crippen molar-refractivity contribution < 1.29 is 8.42 Å². The lowest BCUT2D eigenvalue weighted by Crippen LogP contribution is -2.29. The Balaban J connectivity index is 1.47. The molecule has 0 aliphatic heterocycles. The molecule has 0 saturated carbocycles. The molecule has 0 unspecified atom stereocenters. The molecule has 2 aromatic carbocycles. The maximum Gasteiger partial charge on any atom is 0.242 e. The first-order chi connectivity index (χ1) is 16.3. The van der Waals surface area contributed by atoms with Crippen molar-refractivity contribution in [3.8, 4) is 17.3 Å². The lowest BCUT2D eigenvalue weighted by Gasteiger charge is -2.18. The number of sulfonamides is 1. The van der Waals surface area contributed by atoms with Crippen LogP contribution < -0.4 is 10.8 Å². The summed E-state index contributed by atoms with van der Waals surface area (Å²) in [5.41, 5.74) is 3.62. The Bertz CT molecular complexity index is 1480. The number of aromatic nitrogens is 3. The summed E-state index contributed by atoms with van der Waals surface area (Å²) >= 11 is 6.39. The highest BCUT2D eigenvalue weighted by Gasteiger charge is 2.20. The first kappa shape index (κ1) is 23.8. The van der Waals surface area contributed by atoms with Crippen molar-refractivity contribution in [2.24, 2.45) is 0 Å². The topological polar surface area (TPSA) is 103 Å². The maximum absolute atomic E-state index is 12.8. The Hall–Kier alpha value is -3.39. The second kappa shape index (κ2) is 9.85. The molecule has 0 radical (unpaired) electrons. The van der Waals surface area contributed by atoms with Gasteiger partial charge >= 0.3 is 0 Å². The molecule has 2 heterocycles. The van der Waals surface area contributed by atoms with Crippen LogP contribution in [0.1, 0.15) is 12.0 Å². The zero-order chi connectivity index (χ0) is 24.3. The van der Waals surface area contributed by atoms with Crippen LogP contribution in [0.2, 0.25) is 5.02 Å². The number of nitrogens with one attached hydrogen (secondary N) is 1. The molecule has 0 saturated heterocycles. The van der Waals surface area contributed by atoms with E-state index in [4.69, 9.17) is 21.8 Å². The summed E-state index contributed by atoms with van der Waals surface area (Å²) in [4.78, 5) is 4.89.